The smallest absolute Gasteiger partial charge is 0.255 e. The number of amides is 1. The second kappa shape index (κ2) is 8.17. The van der Waals surface area contributed by atoms with E-state index in [0.717, 1.165) is 37.4 Å². The normalized spacial score (nSPS) is 14.0. The molecule has 1 amide bonds. The summed E-state index contributed by atoms with van der Waals surface area (Å²) < 4.78 is 0. The molecule has 0 saturated carbocycles. The van der Waals surface area contributed by atoms with E-state index in [1.807, 2.05) is 43.3 Å². The summed E-state index contributed by atoms with van der Waals surface area (Å²) in [5.41, 5.74) is 5.06. The Kier molecular flexibility index (Phi) is 5.29. The van der Waals surface area contributed by atoms with Gasteiger partial charge in [0, 0.05) is 48.8 Å². The monoisotopic (exact) mass is 371 g/mol. The number of para-hydroxylation sites is 1. The van der Waals surface area contributed by atoms with E-state index in [0.29, 0.717) is 5.56 Å². The molecule has 4 rings (SSSR count). The van der Waals surface area contributed by atoms with Crippen molar-refractivity contribution in [3.63, 3.8) is 0 Å². The van der Waals surface area contributed by atoms with E-state index in [1.165, 1.54) is 11.4 Å². The van der Waals surface area contributed by atoms with Crippen molar-refractivity contribution >= 4 is 23.0 Å². The van der Waals surface area contributed by atoms with Crippen LogP contribution in [0.25, 0.3) is 0 Å². The minimum absolute atomic E-state index is 0.0760. The third-order valence-electron chi connectivity index (χ3n) is 5.17. The topological polar surface area (TPSA) is 35.6 Å². The summed E-state index contributed by atoms with van der Waals surface area (Å²) in [6.07, 6.45) is 0. The fourth-order valence-electron chi connectivity index (χ4n) is 3.61. The molecular weight excluding hydrogens is 346 g/mol. The number of piperazine rings is 1. The number of hydrogen-bond donors (Lipinski definition) is 1. The maximum atomic E-state index is 12.4. The Labute approximate surface area is 166 Å². The highest BCUT2D eigenvalue weighted by Crippen LogP contribution is 2.22. The van der Waals surface area contributed by atoms with Crippen LogP contribution in [0.2, 0.25) is 0 Å². The lowest BCUT2D eigenvalue weighted by molar-refractivity contribution is 0.102. The first-order valence-electron chi connectivity index (χ1n) is 9.72. The molecule has 142 valence electrons. The molecule has 1 N–H and O–H groups in total. The Morgan fingerprint density at radius 1 is 0.750 bits per heavy atom. The highest BCUT2D eigenvalue weighted by molar-refractivity contribution is 6.04. The van der Waals surface area contributed by atoms with Crippen LogP contribution in [0.4, 0.5) is 17.1 Å². The molecule has 28 heavy (non-hydrogen) atoms. The maximum absolute atomic E-state index is 12.4. The van der Waals surface area contributed by atoms with Gasteiger partial charge in [-0.2, -0.15) is 0 Å². The molecule has 0 unspecified atom stereocenters. The van der Waals surface area contributed by atoms with Gasteiger partial charge in [-0.05, 0) is 55.5 Å². The number of hydrogen-bond acceptors (Lipinski definition) is 3. The Balaban J connectivity index is 1.35. The third kappa shape index (κ3) is 4.17. The van der Waals surface area contributed by atoms with Crippen molar-refractivity contribution in [3.05, 3.63) is 90.0 Å². The van der Waals surface area contributed by atoms with Gasteiger partial charge in [0.15, 0.2) is 0 Å². The highest BCUT2D eigenvalue weighted by Gasteiger charge is 2.17. The lowest BCUT2D eigenvalue weighted by Gasteiger charge is -2.37. The van der Waals surface area contributed by atoms with Crippen LogP contribution in [0.1, 0.15) is 15.9 Å². The summed E-state index contributed by atoms with van der Waals surface area (Å²) in [5.74, 6) is -0.0760. The number of carbonyl (C=O) groups is 1. The molecule has 0 spiro atoms. The number of aryl methyl sites for hydroxylation is 1. The minimum Gasteiger partial charge on any atom is -0.368 e. The number of rotatable bonds is 4. The van der Waals surface area contributed by atoms with Gasteiger partial charge in [-0.1, -0.05) is 35.9 Å². The second-order valence-corrected chi connectivity index (χ2v) is 7.18. The minimum atomic E-state index is -0.0760. The molecule has 1 aliphatic rings. The molecular formula is C24H25N3O. The second-order valence-electron chi connectivity index (χ2n) is 7.18. The average Bonchev–Trinajstić information content (AvgIpc) is 2.75. The SMILES string of the molecule is Cc1cccc(C(=O)Nc2ccc(N3CCN(c4ccccc4)CC3)cc2)c1. The first kappa shape index (κ1) is 18.1. The quantitative estimate of drug-likeness (QED) is 0.729. The number of anilines is 3. The Hall–Kier alpha value is -3.27. The van der Waals surface area contributed by atoms with Gasteiger partial charge in [0.1, 0.15) is 0 Å². The van der Waals surface area contributed by atoms with Crippen molar-refractivity contribution in [2.24, 2.45) is 0 Å². The molecule has 3 aromatic rings. The maximum Gasteiger partial charge on any atom is 0.255 e. The van der Waals surface area contributed by atoms with Gasteiger partial charge in [0.25, 0.3) is 5.91 Å². The molecule has 4 heteroatoms. The van der Waals surface area contributed by atoms with Crippen LogP contribution in [0.5, 0.6) is 0 Å². The third-order valence-corrected chi connectivity index (χ3v) is 5.17. The van der Waals surface area contributed by atoms with Crippen LogP contribution < -0.4 is 15.1 Å². The summed E-state index contributed by atoms with van der Waals surface area (Å²) in [6, 6.07) is 26.3. The number of nitrogens with one attached hydrogen (secondary N) is 1. The first-order chi connectivity index (χ1) is 13.7. The number of benzene rings is 3. The standard InChI is InChI=1S/C24H25N3O/c1-19-6-5-7-20(18-19)24(28)25-21-10-12-23(13-11-21)27-16-14-26(15-17-27)22-8-3-2-4-9-22/h2-13,18H,14-17H2,1H3,(H,25,28). The number of nitrogens with zero attached hydrogens (tertiary/aromatic N) is 2. The molecule has 1 heterocycles. The van der Waals surface area contributed by atoms with E-state index < -0.39 is 0 Å². The number of carbonyl (C=O) groups excluding carboxylic acids is 1. The van der Waals surface area contributed by atoms with Crippen molar-refractivity contribution in [1.82, 2.24) is 0 Å². The van der Waals surface area contributed by atoms with Crippen molar-refractivity contribution in [2.75, 3.05) is 41.3 Å². The largest absolute Gasteiger partial charge is 0.368 e. The Morgan fingerprint density at radius 3 is 1.96 bits per heavy atom. The van der Waals surface area contributed by atoms with E-state index in [-0.39, 0.29) is 5.91 Å². The molecule has 0 atom stereocenters. The van der Waals surface area contributed by atoms with Gasteiger partial charge in [-0.3, -0.25) is 4.79 Å². The highest BCUT2D eigenvalue weighted by atomic mass is 16.1. The Bertz CT molecular complexity index is 930. The zero-order valence-corrected chi connectivity index (χ0v) is 16.1. The van der Waals surface area contributed by atoms with Gasteiger partial charge in [-0.25, -0.2) is 0 Å². The van der Waals surface area contributed by atoms with Gasteiger partial charge in [0.05, 0.1) is 0 Å². The zero-order valence-electron chi connectivity index (χ0n) is 16.1. The summed E-state index contributed by atoms with van der Waals surface area (Å²) in [7, 11) is 0. The summed E-state index contributed by atoms with van der Waals surface area (Å²) >= 11 is 0. The molecule has 4 nitrogen and oxygen atoms in total. The van der Waals surface area contributed by atoms with Crippen LogP contribution >= 0.6 is 0 Å². The van der Waals surface area contributed by atoms with Crippen molar-refractivity contribution < 1.29 is 4.79 Å². The van der Waals surface area contributed by atoms with Crippen LogP contribution in [-0.4, -0.2) is 32.1 Å². The molecule has 1 aliphatic heterocycles. The molecule has 0 aromatic heterocycles. The van der Waals surface area contributed by atoms with Gasteiger partial charge in [0.2, 0.25) is 0 Å². The predicted octanol–water partition coefficient (Wildman–Crippen LogP) is 4.57. The van der Waals surface area contributed by atoms with E-state index in [9.17, 15) is 4.79 Å². The van der Waals surface area contributed by atoms with Crippen LogP contribution in [0, 0.1) is 6.92 Å². The molecule has 1 saturated heterocycles. The Morgan fingerprint density at radius 2 is 1.36 bits per heavy atom. The van der Waals surface area contributed by atoms with Crippen LogP contribution in [-0.2, 0) is 0 Å². The fraction of sp³-hybridized carbons (Fsp3) is 0.208. The van der Waals surface area contributed by atoms with Gasteiger partial charge >= 0.3 is 0 Å². The summed E-state index contributed by atoms with van der Waals surface area (Å²) in [6.45, 7) is 5.99. The zero-order chi connectivity index (χ0) is 19.3. The summed E-state index contributed by atoms with van der Waals surface area (Å²) in [4.78, 5) is 17.2. The van der Waals surface area contributed by atoms with E-state index in [2.05, 4.69) is 57.6 Å². The molecule has 0 radical (unpaired) electrons. The average molecular weight is 371 g/mol. The van der Waals surface area contributed by atoms with E-state index >= 15 is 0 Å². The predicted molar refractivity (Wildman–Crippen MR) is 116 cm³/mol. The van der Waals surface area contributed by atoms with Crippen molar-refractivity contribution in [1.29, 1.82) is 0 Å². The lowest BCUT2D eigenvalue weighted by atomic mass is 10.1. The molecule has 0 aliphatic carbocycles. The van der Waals surface area contributed by atoms with Crippen LogP contribution in [0.3, 0.4) is 0 Å². The van der Waals surface area contributed by atoms with Crippen LogP contribution in [0.15, 0.2) is 78.9 Å². The van der Waals surface area contributed by atoms with Gasteiger partial charge < -0.3 is 15.1 Å². The van der Waals surface area contributed by atoms with E-state index in [1.54, 1.807) is 0 Å². The summed E-state index contributed by atoms with van der Waals surface area (Å²) in [5, 5.41) is 2.98. The van der Waals surface area contributed by atoms with Crippen molar-refractivity contribution in [3.8, 4) is 0 Å². The van der Waals surface area contributed by atoms with Crippen molar-refractivity contribution in [2.45, 2.75) is 6.92 Å². The van der Waals surface area contributed by atoms with Gasteiger partial charge in [-0.15, -0.1) is 0 Å². The molecule has 1 fully saturated rings. The molecule has 3 aromatic carbocycles. The molecule has 0 bridgehead atoms. The van der Waals surface area contributed by atoms with E-state index in [4.69, 9.17) is 0 Å². The first-order valence-corrected chi connectivity index (χ1v) is 9.72. The lowest BCUT2D eigenvalue weighted by Crippen LogP contribution is -2.46. The fourth-order valence-corrected chi connectivity index (χ4v) is 3.61.